The number of aryl methyl sites for hydroxylation is 1. The van der Waals surface area contributed by atoms with E-state index in [-0.39, 0.29) is 5.78 Å². The van der Waals surface area contributed by atoms with Gasteiger partial charge in [-0.3, -0.25) is 14.3 Å². The van der Waals surface area contributed by atoms with Crippen LogP contribution in [-0.4, -0.2) is 46.0 Å². The number of aromatic nitrogens is 2. The first-order chi connectivity index (χ1) is 14.4. The summed E-state index contributed by atoms with van der Waals surface area (Å²) in [7, 11) is 0. The number of nitrogens with zero attached hydrogens (tertiary/aromatic N) is 4. The summed E-state index contributed by atoms with van der Waals surface area (Å²) >= 11 is 5.77. The van der Waals surface area contributed by atoms with E-state index in [1.54, 1.807) is 6.92 Å². The van der Waals surface area contributed by atoms with Crippen LogP contribution in [0, 0.1) is 18.6 Å². The number of anilines is 1. The van der Waals surface area contributed by atoms with E-state index < -0.39 is 0 Å². The Morgan fingerprint density at radius 1 is 0.967 bits per heavy atom. The third-order valence-electron chi connectivity index (χ3n) is 6.05. The second-order valence-electron chi connectivity index (χ2n) is 7.99. The number of hydrogen-bond acceptors (Lipinski definition) is 4. The van der Waals surface area contributed by atoms with Crippen LogP contribution in [0.15, 0.2) is 54.9 Å². The molecule has 1 fully saturated rings. The Hall–Kier alpha value is -2.70. The fraction of sp³-hybridized carbons (Fsp3) is 0.333. The molecule has 2 aromatic carbocycles. The molecule has 5 nitrogen and oxygen atoms in total. The predicted molar refractivity (Wildman–Crippen MR) is 124 cm³/mol. The minimum Gasteiger partial charge on any atom is -0.369 e. The highest BCUT2D eigenvalue weighted by atomic mass is 32.1. The molecule has 0 spiro atoms. The quantitative estimate of drug-likeness (QED) is 0.446. The third-order valence-corrected chi connectivity index (χ3v) is 6.48. The van der Waals surface area contributed by atoms with E-state index in [0.717, 1.165) is 48.9 Å². The average molecular weight is 421 g/mol. The molecule has 0 saturated carbocycles. The van der Waals surface area contributed by atoms with E-state index >= 15 is 0 Å². The van der Waals surface area contributed by atoms with Crippen LogP contribution < -0.4 is 4.90 Å². The lowest BCUT2D eigenvalue weighted by atomic mass is 10.1. The van der Waals surface area contributed by atoms with Gasteiger partial charge in [-0.1, -0.05) is 12.1 Å². The fourth-order valence-electron chi connectivity index (χ4n) is 3.97. The topological polar surface area (TPSA) is 33.4 Å². The van der Waals surface area contributed by atoms with E-state index in [1.165, 1.54) is 16.8 Å². The maximum absolute atomic E-state index is 11.5. The maximum atomic E-state index is 11.5. The molecule has 1 aromatic heterocycles. The number of piperazine rings is 1. The molecule has 0 radical (unpaired) electrons. The van der Waals surface area contributed by atoms with Crippen molar-refractivity contribution in [3.05, 3.63) is 76.3 Å². The Kier molecular flexibility index (Phi) is 5.88. The highest BCUT2D eigenvalue weighted by Crippen LogP contribution is 2.20. The number of carbonyl (C=O) groups is 1. The number of hydrogen-bond donors (Lipinski definition) is 0. The summed E-state index contributed by atoms with van der Waals surface area (Å²) in [5.74, 6) is 0.107. The molecule has 0 N–H and O–H groups in total. The largest absolute Gasteiger partial charge is 0.369 e. The SMILES string of the molecule is CC(=O)c1ccc(N2CCN(Cn3ccn(-c4cccc(C)c4C)c3=S)CC2)cc1. The van der Waals surface area contributed by atoms with Crippen molar-refractivity contribution in [2.24, 2.45) is 0 Å². The van der Waals surface area contributed by atoms with Crippen molar-refractivity contribution >= 4 is 23.7 Å². The highest BCUT2D eigenvalue weighted by Gasteiger charge is 2.18. The maximum Gasteiger partial charge on any atom is 0.185 e. The van der Waals surface area contributed by atoms with Gasteiger partial charge in [-0.25, -0.2) is 0 Å². The van der Waals surface area contributed by atoms with Crippen LogP contribution >= 0.6 is 12.2 Å². The lowest BCUT2D eigenvalue weighted by molar-refractivity contribution is 0.101. The molecule has 6 heteroatoms. The molecule has 0 amide bonds. The molecule has 0 atom stereocenters. The van der Waals surface area contributed by atoms with Gasteiger partial charge in [0.1, 0.15) is 0 Å². The Bertz CT molecular complexity index is 1100. The molecular formula is C24H28N4OS. The minimum atomic E-state index is 0.107. The van der Waals surface area contributed by atoms with Gasteiger partial charge in [-0.05, 0) is 74.4 Å². The molecule has 0 bridgehead atoms. The van der Waals surface area contributed by atoms with Gasteiger partial charge in [-0.15, -0.1) is 0 Å². The monoisotopic (exact) mass is 420 g/mol. The standard InChI is InChI=1S/C24H28N4OS/c1-18-5-4-6-23(19(18)2)28-16-15-27(24(28)30)17-25-11-13-26(14-12-25)22-9-7-21(8-10-22)20(3)29/h4-10,15-16H,11-14,17H2,1-3H3. The summed E-state index contributed by atoms with van der Waals surface area (Å²) in [4.78, 5) is 16.3. The van der Waals surface area contributed by atoms with Gasteiger partial charge < -0.3 is 9.47 Å². The minimum absolute atomic E-state index is 0.107. The van der Waals surface area contributed by atoms with Gasteiger partial charge in [0.15, 0.2) is 10.6 Å². The number of ketones is 1. The molecule has 30 heavy (non-hydrogen) atoms. The van der Waals surface area contributed by atoms with Crippen LogP contribution in [0.2, 0.25) is 0 Å². The summed E-state index contributed by atoms with van der Waals surface area (Å²) in [5, 5.41) is 0. The summed E-state index contributed by atoms with van der Waals surface area (Å²) in [6.45, 7) is 10.6. The van der Waals surface area contributed by atoms with Gasteiger partial charge in [0.2, 0.25) is 0 Å². The summed E-state index contributed by atoms with van der Waals surface area (Å²) in [5.41, 5.74) is 5.63. The second-order valence-corrected chi connectivity index (χ2v) is 8.35. The van der Waals surface area contributed by atoms with Crippen LogP contribution in [0.4, 0.5) is 5.69 Å². The summed E-state index contributed by atoms with van der Waals surface area (Å²) in [6.07, 6.45) is 4.15. The molecule has 3 aromatic rings. The zero-order chi connectivity index (χ0) is 21.3. The van der Waals surface area contributed by atoms with E-state index in [1.807, 2.05) is 24.3 Å². The van der Waals surface area contributed by atoms with Crippen molar-refractivity contribution < 1.29 is 4.79 Å². The van der Waals surface area contributed by atoms with E-state index in [2.05, 4.69) is 63.4 Å². The van der Waals surface area contributed by atoms with Crippen molar-refractivity contribution in [2.75, 3.05) is 31.1 Å². The zero-order valence-electron chi connectivity index (χ0n) is 17.8. The summed E-state index contributed by atoms with van der Waals surface area (Å²) in [6, 6.07) is 14.3. The molecule has 0 aliphatic carbocycles. The first kappa shape index (κ1) is 20.6. The van der Waals surface area contributed by atoms with E-state index in [0.29, 0.717) is 0 Å². The Morgan fingerprint density at radius 2 is 1.67 bits per heavy atom. The Morgan fingerprint density at radius 3 is 2.33 bits per heavy atom. The van der Waals surface area contributed by atoms with Crippen LogP contribution in [0.25, 0.3) is 5.69 Å². The first-order valence-electron chi connectivity index (χ1n) is 10.4. The molecule has 2 heterocycles. The molecule has 156 valence electrons. The number of imidazole rings is 1. The molecule has 0 unspecified atom stereocenters. The zero-order valence-corrected chi connectivity index (χ0v) is 18.7. The van der Waals surface area contributed by atoms with Gasteiger partial charge >= 0.3 is 0 Å². The van der Waals surface area contributed by atoms with Crippen LogP contribution in [0.3, 0.4) is 0 Å². The van der Waals surface area contributed by atoms with E-state index in [4.69, 9.17) is 12.2 Å². The van der Waals surface area contributed by atoms with Crippen molar-refractivity contribution in [3.8, 4) is 5.69 Å². The third kappa shape index (κ3) is 4.11. The van der Waals surface area contributed by atoms with Gasteiger partial charge in [-0.2, -0.15) is 0 Å². The van der Waals surface area contributed by atoms with Gasteiger partial charge in [0.25, 0.3) is 0 Å². The number of rotatable bonds is 5. The fourth-order valence-corrected chi connectivity index (χ4v) is 4.25. The first-order valence-corrected chi connectivity index (χ1v) is 10.8. The lowest BCUT2D eigenvalue weighted by Crippen LogP contribution is -2.46. The van der Waals surface area contributed by atoms with Crippen LogP contribution in [-0.2, 0) is 6.67 Å². The summed E-state index contributed by atoms with van der Waals surface area (Å²) < 4.78 is 5.07. The lowest BCUT2D eigenvalue weighted by Gasteiger charge is -2.36. The molecule has 1 saturated heterocycles. The highest BCUT2D eigenvalue weighted by molar-refractivity contribution is 7.71. The Labute approximate surface area is 183 Å². The Balaban J connectivity index is 1.41. The average Bonchev–Trinajstić information content (AvgIpc) is 3.11. The second kappa shape index (κ2) is 8.58. The molecule has 1 aliphatic heterocycles. The number of carbonyl (C=O) groups excluding carboxylic acids is 1. The normalized spacial score (nSPS) is 14.8. The smallest absolute Gasteiger partial charge is 0.185 e. The van der Waals surface area contributed by atoms with Crippen LogP contribution in [0.5, 0.6) is 0 Å². The van der Waals surface area contributed by atoms with Crippen molar-refractivity contribution in [3.63, 3.8) is 0 Å². The van der Waals surface area contributed by atoms with Crippen molar-refractivity contribution in [1.82, 2.24) is 14.0 Å². The van der Waals surface area contributed by atoms with Gasteiger partial charge in [0.05, 0.1) is 12.4 Å². The number of Topliss-reactive ketones (excluding diaryl/α,β-unsaturated/α-hetero) is 1. The van der Waals surface area contributed by atoms with Crippen LogP contribution in [0.1, 0.15) is 28.4 Å². The molecular weight excluding hydrogens is 392 g/mol. The van der Waals surface area contributed by atoms with Gasteiger partial charge in [0, 0.05) is 49.8 Å². The van der Waals surface area contributed by atoms with E-state index in [9.17, 15) is 4.79 Å². The number of benzene rings is 2. The van der Waals surface area contributed by atoms with Crippen molar-refractivity contribution in [2.45, 2.75) is 27.4 Å². The predicted octanol–water partition coefficient (Wildman–Crippen LogP) is 4.61. The molecule has 1 aliphatic rings. The molecule has 4 rings (SSSR count). The van der Waals surface area contributed by atoms with Crippen molar-refractivity contribution in [1.29, 1.82) is 0 Å².